The molecule has 0 heterocycles. The van der Waals surface area contributed by atoms with Gasteiger partial charge in [-0.15, -0.1) is 0 Å². The first-order valence-corrected chi connectivity index (χ1v) is 7.65. The second-order valence-corrected chi connectivity index (χ2v) is 6.75. The minimum atomic E-state index is -1.54. The SMILES string of the molecule is CN(C)C(=O)C(Cc1ccc(B(O)O)cc1)NC(=O)OC(C)(C)C. The number of nitrogens with zero attached hydrogens (tertiary/aromatic N) is 1. The molecule has 1 unspecified atom stereocenters. The molecule has 1 rings (SSSR count). The minimum Gasteiger partial charge on any atom is -0.444 e. The van der Waals surface area contributed by atoms with Crippen molar-refractivity contribution in [1.82, 2.24) is 10.2 Å². The highest BCUT2D eigenvalue weighted by Crippen LogP contribution is 2.09. The molecule has 0 saturated carbocycles. The molecule has 8 heteroatoms. The summed E-state index contributed by atoms with van der Waals surface area (Å²) >= 11 is 0. The molecule has 0 bridgehead atoms. The van der Waals surface area contributed by atoms with Crippen molar-refractivity contribution in [3.8, 4) is 0 Å². The van der Waals surface area contributed by atoms with Crippen LogP contribution >= 0.6 is 0 Å². The van der Waals surface area contributed by atoms with Crippen molar-refractivity contribution in [2.75, 3.05) is 14.1 Å². The summed E-state index contributed by atoms with van der Waals surface area (Å²) < 4.78 is 5.20. The largest absolute Gasteiger partial charge is 0.488 e. The van der Waals surface area contributed by atoms with E-state index in [1.54, 1.807) is 59.1 Å². The molecule has 7 nitrogen and oxygen atoms in total. The van der Waals surface area contributed by atoms with Crippen LogP contribution in [-0.2, 0) is 16.0 Å². The molecule has 2 amide bonds. The lowest BCUT2D eigenvalue weighted by atomic mass is 9.80. The van der Waals surface area contributed by atoms with Crippen LogP contribution in [-0.4, -0.2) is 59.8 Å². The third kappa shape index (κ3) is 6.60. The number of hydrogen-bond donors (Lipinski definition) is 3. The second kappa shape index (κ2) is 8.16. The lowest BCUT2D eigenvalue weighted by Crippen LogP contribution is -2.49. The van der Waals surface area contributed by atoms with Gasteiger partial charge in [0.1, 0.15) is 11.6 Å². The van der Waals surface area contributed by atoms with Gasteiger partial charge in [0.05, 0.1) is 0 Å². The Kier molecular flexibility index (Phi) is 6.80. The number of nitrogens with one attached hydrogen (secondary N) is 1. The van der Waals surface area contributed by atoms with Gasteiger partial charge >= 0.3 is 13.2 Å². The molecular formula is C16H25BN2O5. The highest BCUT2D eigenvalue weighted by Gasteiger charge is 2.26. The third-order valence-corrected chi connectivity index (χ3v) is 3.15. The van der Waals surface area contributed by atoms with Crippen LogP contribution in [0.1, 0.15) is 26.3 Å². The lowest BCUT2D eigenvalue weighted by Gasteiger charge is -2.25. The molecule has 0 saturated heterocycles. The Morgan fingerprint density at radius 3 is 2.17 bits per heavy atom. The summed E-state index contributed by atoms with van der Waals surface area (Å²) in [5.74, 6) is -0.257. The van der Waals surface area contributed by atoms with Gasteiger partial charge in [0, 0.05) is 20.5 Å². The van der Waals surface area contributed by atoms with Gasteiger partial charge in [-0.1, -0.05) is 24.3 Å². The zero-order chi connectivity index (χ0) is 18.5. The Labute approximate surface area is 142 Å². The predicted octanol–water partition coefficient (Wildman–Crippen LogP) is -0.110. The smallest absolute Gasteiger partial charge is 0.444 e. The average molecular weight is 336 g/mol. The number of benzene rings is 1. The van der Waals surface area contributed by atoms with E-state index in [0.29, 0.717) is 5.46 Å². The third-order valence-electron chi connectivity index (χ3n) is 3.15. The van der Waals surface area contributed by atoms with Crippen molar-refractivity contribution >= 4 is 24.6 Å². The van der Waals surface area contributed by atoms with Crippen molar-refractivity contribution in [3.63, 3.8) is 0 Å². The Morgan fingerprint density at radius 2 is 1.75 bits per heavy atom. The van der Waals surface area contributed by atoms with Crippen molar-refractivity contribution in [1.29, 1.82) is 0 Å². The lowest BCUT2D eigenvalue weighted by molar-refractivity contribution is -0.130. The quantitative estimate of drug-likeness (QED) is 0.652. The Hall–Kier alpha value is -2.06. The zero-order valence-corrected chi connectivity index (χ0v) is 14.7. The van der Waals surface area contributed by atoms with E-state index in [-0.39, 0.29) is 12.3 Å². The first-order valence-electron chi connectivity index (χ1n) is 7.65. The molecule has 0 spiro atoms. The molecule has 0 radical (unpaired) electrons. The van der Waals surface area contributed by atoms with Crippen LogP contribution in [0.3, 0.4) is 0 Å². The fourth-order valence-corrected chi connectivity index (χ4v) is 2.02. The minimum absolute atomic E-state index is 0.257. The van der Waals surface area contributed by atoms with Crippen LogP contribution in [0, 0.1) is 0 Å². The molecule has 0 aliphatic carbocycles. The summed E-state index contributed by atoms with van der Waals surface area (Å²) in [5, 5.41) is 20.8. The maximum atomic E-state index is 12.3. The van der Waals surface area contributed by atoms with E-state index in [1.165, 1.54) is 4.90 Å². The molecule has 1 aromatic rings. The standard InChI is InChI=1S/C16H25BN2O5/c1-16(2,3)24-15(21)18-13(14(20)19(4)5)10-11-6-8-12(9-7-11)17(22)23/h6-9,13,22-23H,10H2,1-5H3,(H,18,21). The van der Waals surface area contributed by atoms with E-state index >= 15 is 0 Å². The summed E-state index contributed by atoms with van der Waals surface area (Å²) in [6.07, 6.45) is -0.400. The molecule has 24 heavy (non-hydrogen) atoms. The van der Waals surface area contributed by atoms with Gasteiger partial charge < -0.3 is 25.0 Å². The molecule has 0 fully saturated rings. The monoisotopic (exact) mass is 336 g/mol. The second-order valence-electron chi connectivity index (χ2n) is 6.75. The van der Waals surface area contributed by atoms with Gasteiger partial charge in [-0.3, -0.25) is 4.79 Å². The summed E-state index contributed by atoms with van der Waals surface area (Å²) in [6.45, 7) is 5.23. The van der Waals surface area contributed by atoms with E-state index < -0.39 is 24.9 Å². The molecule has 1 aromatic carbocycles. The summed E-state index contributed by atoms with van der Waals surface area (Å²) in [5.41, 5.74) is 0.472. The molecule has 0 aliphatic rings. The van der Waals surface area contributed by atoms with Crippen molar-refractivity contribution < 1.29 is 24.4 Å². The van der Waals surface area contributed by atoms with Crippen LogP contribution in [0.2, 0.25) is 0 Å². The number of carbonyl (C=O) groups is 2. The van der Waals surface area contributed by atoms with Gasteiger partial charge in [0.2, 0.25) is 5.91 Å². The predicted molar refractivity (Wildman–Crippen MR) is 91.8 cm³/mol. The highest BCUT2D eigenvalue weighted by atomic mass is 16.6. The number of ether oxygens (including phenoxy) is 1. The number of likely N-dealkylation sites (N-methyl/N-ethyl adjacent to an activating group) is 1. The molecule has 0 aliphatic heterocycles. The normalized spacial score (nSPS) is 12.3. The summed E-state index contributed by atoms with van der Waals surface area (Å²) in [4.78, 5) is 25.7. The first kappa shape index (κ1) is 20.0. The topological polar surface area (TPSA) is 99.1 Å². The van der Waals surface area contributed by atoms with Crippen LogP contribution in [0.4, 0.5) is 4.79 Å². The van der Waals surface area contributed by atoms with Crippen molar-refractivity contribution in [3.05, 3.63) is 29.8 Å². The van der Waals surface area contributed by atoms with Gasteiger partial charge in [0.25, 0.3) is 0 Å². The first-order chi connectivity index (χ1) is 11.0. The number of hydrogen-bond acceptors (Lipinski definition) is 5. The summed E-state index contributed by atoms with van der Waals surface area (Å²) in [6, 6.07) is 5.71. The van der Waals surface area contributed by atoms with Crippen LogP contribution < -0.4 is 10.8 Å². The van der Waals surface area contributed by atoms with E-state index in [2.05, 4.69) is 5.32 Å². The Balaban J connectivity index is 2.86. The van der Waals surface area contributed by atoms with Gasteiger partial charge in [-0.2, -0.15) is 0 Å². The maximum absolute atomic E-state index is 12.3. The van der Waals surface area contributed by atoms with E-state index in [0.717, 1.165) is 5.56 Å². The summed E-state index contributed by atoms with van der Waals surface area (Å²) in [7, 11) is 1.67. The number of carbonyl (C=O) groups excluding carboxylic acids is 2. The van der Waals surface area contributed by atoms with Crippen LogP contribution in [0.5, 0.6) is 0 Å². The fourth-order valence-electron chi connectivity index (χ4n) is 2.02. The van der Waals surface area contributed by atoms with Crippen molar-refractivity contribution in [2.45, 2.75) is 38.8 Å². The van der Waals surface area contributed by atoms with Crippen LogP contribution in [0.25, 0.3) is 0 Å². The van der Waals surface area contributed by atoms with E-state index in [9.17, 15) is 9.59 Å². The van der Waals surface area contributed by atoms with Crippen molar-refractivity contribution in [2.24, 2.45) is 0 Å². The number of rotatable bonds is 5. The molecular weight excluding hydrogens is 311 g/mol. The van der Waals surface area contributed by atoms with Gasteiger partial charge in [0.15, 0.2) is 0 Å². The Morgan fingerprint density at radius 1 is 1.21 bits per heavy atom. The molecule has 3 N–H and O–H groups in total. The maximum Gasteiger partial charge on any atom is 0.488 e. The van der Waals surface area contributed by atoms with E-state index in [1.807, 2.05) is 0 Å². The average Bonchev–Trinajstić information content (AvgIpc) is 2.44. The van der Waals surface area contributed by atoms with Crippen LogP contribution in [0.15, 0.2) is 24.3 Å². The fraction of sp³-hybridized carbons (Fsp3) is 0.500. The zero-order valence-electron chi connectivity index (χ0n) is 14.7. The molecule has 132 valence electrons. The Bertz CT molecular complexity index is 567. The molecule has 1 atom stereocenters. The van der Waals surface area contributed by atoms with Gasteiger partial charge in [-0.25, -0.2) is 4.79 Å². The highest BCUT2D eigenvalue weighted by molar-refractivity contribution is 6.58. The van der Waals surface area contributed by atoms with E-state index in [4.69, 9.17) is 14.8 Å². The number of amides is 2. The van der Waals surface area contributed by atoms with Gasteiger partial charge in [-0.05, 0) is 31.8 Å². The number of alkyl carbamates (subject to hydrolysis) is 1. The molecule has 0 aromatic heterocycles.